The number of thiocarbonyl (C=S) groups is 1. The highest BCUT2D eigenvalue weighted by atomic mass is 32.1. The van der Waals surface area contributed by atoms with Gasteiger partial charge < -0.3 is 24.9 Å². The number of aromatic carboxylic acids is 1. The number of carbonyl (C=O) groups excluding carboxylic acids is 1. The number of furan rings is 1. The number of nitrogens with one attached hydrogen (secondary N) is 2. The lowest BCUT2D eigenvalue weighted by Gasteiger charge is -2.12. The molecular formula is C19H22N2O5S. The molecule has 0 bridgehead atoms. The Bertz CT molecular complexity index is 831. The Hall–Kier alpha value is -2.87. The lowest BCUT2D eigenvalue weighted by Crippen LogP contribution is -2.33. The molecule has 0 unspecified atom stereocenters. The smallest absolute Gasteiger partial charge is 0.371 e. The first-order chi connectivity index (χ1) is 12.9. The summed E-state index contributed by atoms with van der Waals surface area (Å²) in [4.78, 5) is 22.9. The number of hydrogen-bond acceptors (Lipinski definition) is 5. The van der Waals surface area contributed by atoms with Crippen LogP contribution in [0.3, 0.4) is 0 Å². The van der Waals surface area contributed by atoms with Crippen LogP contribution in [-0.4, -0.2) is 29.2 Å². The SMILES string of the molecule is CCCCCC(=O)NC(=S)Nc1ccc(OC)c(-c2ccc(C(=O)O)o2)c1. The quantitative estimate of drug-likeness (QED) is 0.462. The Balaban J connectivity index is 2.10. The first-order valence-corrected chi connectivity index (χ1v) is 8.97. The van der Waals surface area contributed by atoms with Gasteiger partial charge in [-0.05, 0) is 49.0 Å². The van der Waals surface area contributed by atoms with Crippen molar-refractivity contribution in [3.8, 4) is 17.1 Å². The van der Waals surface area contributed by atoms with Gasteiger partial charge >= 0.3 is 5.97 Å². The minimum atomic E-state index is -1.15. The fraction of sp³-hybridized carbons (Fsp3) is 0.316. The van der Waals surface area contributed by atoms with Crippen LogP contribution in [0.2, 0.25) is 0 Å². The second-order valence-corrected chi connectivity index (χ2v) is 6.25. The van der Waals surface area contributed by atoms with Crippen LogP contribution in [-0.2, 0) is 4.79 Å². The van der Waals surface area contributed by atoms with E-state index in [1.54, 1.807) is 24.3 Å². The number of methoxy groups -OCH3 is 1. The lowest BCUT2D eigenvalue weighted by molar-refractivity contribution is -0.119. The van der Waals surface area contributed by atoms with Gasteiger partial charge in [-0.1, -0.05) is 19.8 Å². The molecular weight excluding hydrogens is 368 g/mol. The Morgan fingerprint density at radius 1 is 1.22 bits per heavy atom. The molecule has 7 nitrogen and oxygen atoms in total. The van der Waals surface area contributed by atoms with Gasteiger partial charge in [-0.3, -0.25) is 4.79 Å². The molecule has 8 heteroatoms. The van der Waals surface area contributed by atoms with Crippen molar-refractivity contribution >= 4 is 34.9 Å². The molecule has 0 aliphatic carbocycles. The molecule has 2 aromatic rings. The van der Waals surface area contributed by atoms with Crippen LogP contribution in [0.1, 0.15) is 43.2 Å². The molecule has 0 atom stereocenters. The number of carboxylic acid groups (broad SMARTS) is 1. The third kappa shape index (κ3) is 5.82. The molecule has 1 heterocycles. The van der Waals surface area contributed by atoms with Crippen molar-refractivity contribution in [3.05, 3.63) is 36.1 Å². The maximum atomic E-state index is 11.8. The molecule has 27 heavy (non-hydrogen) atoms. The molecule has 1 aromatic heterocycles. The Labute approximate surface area is 162 Å². The molecule has 0 fully saturated rings. The molecule has 3 N–H and O–H groups in total. The van der Waals surface area contributed by atoms with Crippen LogP contribution in [0.25, 0.3) is 11.3 Å². The summed E-state index contributed by atoms with van der Waals surface area (Å²) in [6.45, 7) is 2.07. The van der Waals surface area contributed by atoms with Crippen LogP contribution in [0, 0.1) is 0 Å². The van der Waals surface area contributed by atoms with E-state index in [0.29, 0.717) is 29.2 Å². The maximum Gasteiger partial charge on any atom is 0.371 e. The Morgan fingerprint density at radius 2 is 2.00 bits per heavy atom. The first-order valence-electron chi connectivity index (χ1n) is 8.57. The van der Waals surface area contributed by atoms with Crippen molar-refractivity contribution in [2.45, 2.75) is 32.6 Å². The normalized spacial score (nSPS) is 10.3. The lowest BCUT2D eigenvalue weighted by atomic mass is 10.1. The van der Waals surface area contributed by atoms with Gasteiger partial charge in [0.1, 0.15) is 11.5 Å². The number of unbranched alkanes of at least 4 members (excludes halogenated alkanes) is 2. The molecule has 0 saturated carbocycles. The summed E-state index contributed by atoms with van der Waals surface area (Å²) in [5, 5.41) is 14.8. The molecule has 1 amide bonds. The summed E-state index contributed by atoms with van der Waals surface area (Å²) < 4.78 is 10.7. The topological polar surface area (TPSA) is 101 Å². The molecule has 144 valence electrons. The second-order valence-electron chi connectivity index (χ2n) is 5.84. The number of carboxylic acids is 1. The van der Waals surface area contributed by atoms with E-state index in [-0.39, 0.29) is 16.8 Å². The average molecular weight is 390 g/mol. The average Bonchev–Trinajstić information content (AvgIpc) is 3.12. The number of carbonyl (C=O) groups is 2. The van der Waals surface area contributed by atoms with Crippen molar-refractivity contribution in [1.29, 1.82) is 0 Å². The van der Waals surface area contributed by atoms with E-state index in [0.717, 1.165) is 19.3 Å². The number of anilines is 1. The zero-order valence-corrected chi connectivity index (χ0v) is 16.0. The van der Waals surface area contributed by atoms with E-state index >= 15 is 0 Å². The predicted molar refractivity (Wildman–Crippen MR) is 106 cm³/mol. The number of benzene rings is 1. The number of ether oxygens (including phenoxy) is 1. The van der Waals surface area contributed by atoms with Crippen molar-refractivity contribution in [3.63, 3.8) is 0 Å². The van der Waals surface area contributed by atoms with E-state index in [9.17, 15) is 9.59 Å². The van der Waals surface area contributed by atoms with Gasteiger partial charge in [-0.2, -0.15) is 0 Å². The van der Waals surface area contributed by atoms with Gasteiger partial charge in [0.05, 0.1) is 12.7 Å². The molecule has 0 aliphatic rings. The van der Waals surface area contributed by atoms with Crippen LogP contribution in [0.4, 0.5) is 5.69 Å². The van der Waals surface area contributed by atoms with E-state index < -0.39 is 5.97 Å². The van der Waals surface area contributed by atoms with Gasteiger partial charge in [-0.15, -0.1) is 0 Å². The summed E-state index contributed by atoms with van der Waals surface area (Å²) in [7, 11) is 1.51. The summed E-state index contributed by atoms with van der Waals surface area (Å²) >= 11 is 5.18. The van der Waals surface area contributed by atoms with Crippen LogP contribution in [0.15, 0.2) is 34.7 Å². The van der Waals surface area contributed by atoms with Crippen LogP contribution < -0.4 is 15.4 Å². The van der Waals surface area contributed by atoms with Gasteiger partial charge in [-0.25, -0.2) is 4.79 Å². The third-order valence-electron chi connectivity index (χ3n) is 3.80. The van der Waals surface area contributed by atoms with Gasteiger partial charge in [0.2, 0.25) is 11.7 Å². The summed E-state index contributed by atoms with van der Waals surface area (Å²) in [5.74, 6) is -0.586. The minimum Gasteiger partial charge on any atom is -0.496 e. The van der Waals surface area contributed by atoms with Gasteiger partial charge in [0.25, 0.3) is 0 Å². The summed E-state index contributed by atoms with van der Waals surface area (Å²) in [5.41, 5.74) is 1.17. The molecule has 1 aromatic carbocycles. The monoisotopic (exact) mass is 390 g/mol. The standard InChI is InChI=1S/C19H22N2O5S/c1-3-4-5-6-17(22)21-19(27)20-12-7-8-14(25-2)13(11-12)15-9-10-16(26-15)18(23)24/h7-11H,3-6H2,1-2H3,(H,23,24)(H2,20,21,22,27). The zero-order valence-electron chi connectivity index (χ0n) is 15.2. The van der Waals surface area contributed by atoms with E-state index in [4.69, 9.17) is 26.5 Å². The Morgan fingerprint density at radius 3 is 2.63 bits per heavy atom. The predicted octanol–water partition coefficient (Wildman–Crippen LogP) is 4.05. The first kappa shape index (κ1) is 20.4. The number of hydrogen-bond donors (Lipinski definition) is 3. The number of rotatable bonds is 8. The van der Waals surface area contributed by atoms with Crippen LogP contribution in [0.5, 0.6) is 5.75 Å². The number of amides is 1. The van der Waals surface area contributed by atoms with Crippen molar-refractivity contribution in [2.75, 3.05) is 12.4 Å². The van der Waals surface area contributed by atoms with E-state index in [1.165, 1.54) is 13.2 Å². The highest BCUT2D eigenvalue weighted by Gasteiger charge is 2.15. The molecule has 0 saturated heterocycles. The highest BCUT2D eigenvalue weighted by molar-refractivity contribution is 7.80. The van der Waals surface area contributed by atoms with Crippen LogP contribution >= 0.6 is 12.2 Å². The Kier molecular flexibility index (Phi) is 7.36. The minimum absolute atomic E-state index is 0.133. The summed E-state index contributed by atoms with van der Waals surface area (Å²) in [6, 6.07) is 8.07. The zero-order chi connectivity index (χ0) is 19.8. The molecule has 2 rings (SSSR count). The second kappa shape index (κ2) is 9.72. The van der Waals surface area contributed by atoms with Gasteiger partial charge in [0.15, 0.2) is 5.11 Å². The van der Waals surface area contributed by atoms with Crippen molar-refractivity contribution < 1.29 is 23.8 Å². The molecule has 0 spiro atoms. The van der Waals surface area contributed by atoms with Gasteiger partial charge in [0, 0.05) is 12.1 Å². The largest absolute Gasteiger partial charge is 0.496 e. The fourth-order valence-electron chi connectivity index (χ4n) is 2.46. The molecule has 0 aliphatic heterocycles. The fourth-order valence-corrected chi connectivity index (χ4v) is 2.69. The third-order valence-corrected chi connectivity index (χ3v) is 4.00. The highest BCUT2D eigenvalue weighted by Crippen LogP contribution is 2.33. The molecule has 0 radical (unpaired) electrons. The van der Waals surface area contributed by atoms with Crippen molar-refractivity contribution in [1.82, 2.24) is 5.32 Å². The van der Waals surface area contributed by atoms with Crippen molar-refractivity contribution in [2.24, 2.45) is 0 Å². The van der Waals surface area contributed by atoms with E-state index in [1.807, 2.05) is 0 Å². The summed E-state index contributed by atoms with van der Waals surface area (Å²) in [6.07, 6.45) is 3.29. The maximum absolute atomic E-state index is 11.8. The van der Waals surface area contributed by atoms with E-state index in [2.05, 4.69) is 17.6 Å².